The minimum atomic E-state index is -4.95. The van der Waals surface area contributed by atoms with Crippen molar-refractivity contribution in [2.45, 2.75) is 6.18 Å². The molecule has 0 unspecified atom stereocenters. The summed E-state index contributed by atoms with van der Waals surface area (Å²) in [5, 5.41) is 0. The summed E-state index contributed by atoms with van der Waals surface area (Å²) in [6.45, 7) is 0. The molecule has 0 aliphatic rings. The van der Waals surface area contributed by atoms with Gasteiger partial charge in [-0.05, 0) is 12.2 Å². The van der Waals surface area contributed by atoms with E-state index < -0.39 is 12.1 Å². The highest BCUT2D eigenvalue weighted by Crippen LogP contribution is 2.15. The molecule has 0 atom stereocenters. The van der Waals surface area contributed by atoms with Gasteiger partial charge in [-0.15, -0.1) is 0 Å². The smallest absolute Gasteiger partial charge is 0.416 e. The molecule has 6 heteroatoms. The van der Waals surface area contributed by atoms with Crippen LogP contribution < -0.4 is 0 Å². The molecule has 0 bridgehead atoms. The Labute approximate surface area is 53.6 Å². The van der Waals surface area contributed by atoms with Gasteiger partial charge in [0.2, 0.25) is 0 Å². The van der Waals surface area contributed by atoms with Crippen LogP contribution in [0.1, 0.15) is 0 Å². The highest BCUT2D eigenvalue weighted by atomic mass is 32.1. The molecule has 0 aliphatic heterocycles. The number of thiocarbonyl (C=S) groups is 1. The first kappa shape index (κ1) is 8.35. The van der Waals surface area contributed by atoms with Crippen molar-refractivity contribution in [2.75, 3.05) is 0 Å². The van der Waals surface area contributed by atoms with E-state index in [0.29, 0.717) is 0 Å². The number of carbonyl (C=O) groups is 1. The first-order chi connectivity index (χ1) is 3.98. The van der Waals surface area contributed by atoms with E-state index in [1.54, 1.807) is 0 Å². The van der Waals surface area contributed by atoms with Gasteiger partial charge in [0.15, 0.2) is 5.55 Å². The molecule has 0 N–H and O–H groups in total. The largest absolute Gasteiger partial charge is 0.491 e. The zero-order valence-corrected chi connectivity index (χ0v) is 4.75. The van der Waals surface area contributed by atoms with Crippen LogP contribution in [0, 0.1) is 0 Å². The van der Waals surface area contributed by atoms with Gasteiger partial charge in [-0.1, -0.05) is 0 Å². The Hall–Kier alpha value is -0.650. The summed E-state index contributed by atoms with van der Waals surface area (Å²) in [4.78, 5) is 9.62. The van der Waals surface area contributed by atoms with E-state index in [1.165, 1.54) is 0 Å². The normalized spacial score (nSPS) is 10.6. The van der Waals surface area contributed by atoms with Gasteiger partial charge in [-0.3, -0.25) is 0 Å². The highest BCUT2D eigenvalue weighted by molar-refractivity contribution is 7.78. The molecule has 0 radical (unpaired) electrons. The Bertz CT molecular complexity index is 130. The monoisotopic (exact) mass is 158 g/mol. The molecular formula is C3HF3O2S. The van der Waals surface area contributed by atoms with Gasteiger partial charge in [-0.25, -0.2) is 4.79 Å². The molecular weight excluding hydrogens is 157 g/mol. The summed E-state index contributed by atoms with van der Waals surface area (Å²) in [5.74, 6) is -2.29. The molecule has 52 valence electrons. The van der Waals surface area contributed by atoms with E-state index in [-0.39, 0.29) is 5.55 Å². The fourth-order valence-electron chi connectivity index (χ4n) is 0.111. The summed E-state index contributed by atoms with van der Waals surface area (Å²) in [7, 11) is 0. The summed E-state index contributed by atoms with van der Waals surface area (Å²) in [6.07, 6.45) is -4.95. The van der Waals surface area contributed by atoms with Gasteiger partial charge in [0.25, 0.3) is 0 Å². The van der Waals surface area contributed by atoms with E-state index in [0.717, 1.165) is 0 Å². The lowest BCUT2D eigenvalue weighted by atomic mass is 10.7. The molecule has 0 spiro atoms. The van der Waals surface area contributed by atoms with Gasteiger partial charge in [-0.2, -0.15) is 13.2 Å². The van der Waals surface area contributed by atoms with E-state index in [2.05, 4.69) is 17.0 Å². The predicted molar refractivity (Wildman–Crippen MR) is 25.8 cm³/mol. The number of carbonyl (C=O) groups excluding carboxylic acids is 1. The van der Waals surface area contributed by atoms with Crippen molar-refractivity contribution >= 4 is 23.7 Å². The lowest BCUT2D eigenvalue weighted by molar-refractivity contribution is -0.190. The van der Waals surface area contributed by atoms with Crippen LogP contribution in [0.5, 0.6) is 0 Å². The standard InChI is InChI=1S/C3HF3O2S/c4-3(5,6)2(7)8-1-9/h1H. The molecule has 0 heterocycles. The zero-order valence-electron chi connectivity index (χ0n) is 3.94. The minimum absolute atomic E-state index is 0.260. The average Bonchev–Trinajstić information content (AvgIpc) is 1.64. The van der Waals surface area contributed by atoms with Crippen LogP contribution >= 0.6 is 12.2 Å². The molecule has 0 aliphatic carbocycles. The topological polar surface area (TPSA) is 26.3 Å². The van der Waals surface area contributed by atoms with Crippen molar-refractivity contribution in [3.8, 4) is 0 Å². The zero-order chi connectivity index (χ0) is 7.49. The Kier molecular flexibility index (Phi) is 2.57. The van der Waals surface area contributed by atoms with Crippen LogP contribution in [0.15, 0.2) is 0 Å². The first-order valence-corrected chi connectivity index (χ1v) is 2.17. The highest BCUT2D eigenvalue weighted by Gasteiger charge is 2.40. The van der Waals surface area contributed by atoms with Crippen LogP contribution in [0.25, 0.3) is 0 Å². The maximum absolute atomic E-state index is 11.1. The van der Waals surface area contributed by atoms with Crippen LogP contribution in [0.3, 0.4) is 0 Å². The fourth-order valence-corrected chi connectivity index (χ4v) is 0.198. The van der Waals surface area contributed by atoms with E-state index >= 15 is 0 Å². The SMILES string of the molecule is O=C(OC=S)C(F)(F)F. The Morgan fingerprint density at radius 1 is 1.56 bits per heavy atom. The Morgan fingerprint density at radius 2 is 2.00 bits per heavy atom. The van der Waals surface area contributed by atoms with Crippen LogP contribution in [-0.4, -0.2) is 17.7 Å². The van der Waals surface area contributed by atoms with Gasteiger partial charge < -0.3 is 4.74 Å². The van der Waals surface area contributed by atoms with Gasteiger partial charge >= 0.3 is 12.1 Å². The fraction of sp³-hybridized carbons (Fsp3) is 0.333. The maximum atomic E-state index is 11.1. The molecule has 0 amide bonds. The maximum Gasteiger partial charge on any atom is 0.491 e. The number of alkyl halides is 3. The third-order valence-electron chi connectivity index (χ3n) is 0.387. The molecule has 0 aromatic rings. The molecule has 0 fully saturated rings. The van der Waals surface area contributed by atoms with Crippen molar-refractivity contribution in [3.63, 3.8) is 0 Å². The second-order valence-corrected chi connectivity index (χ2v) is 1.19. The van der Waals surface area contributed by atoms with Crippen molar-refractivity contribution in [1.82, 2.24) is 0 Å². The van der Waals surface area contributed by atoms with E-state index in [1.807, 2.05) is 0 Å². The quantitative estimate of drug-likeness (QED) is 0.421. The van der Waals surface area contributed by atoms with Crippen molar-refractivity contribution in [1.29, 1.82) is 0 Å². The number of hydrogen-bond donors (Lipinski definition) is 0. The summed E-state index contributed by atoms with van der Waals surface area (Å²) >= 11 is 3.83. The Morgan fingerprint density at radius 3 is 2.11 bits per heavy atom. The molecule has 0 rings (SSSR count). The van der Waals surface area contributed by atoms with E-state index in [9.17, 15) is 18.0 Å². The predicted octanol–water partition coefficient (Wildman–Crippen LogP) is 1.05. The third-order valence-corrected chi connectivity index (χ3v) is 0.483. The summed E-state index contributed by atoms with van der Waals surface area (Å²) < 4.78 is 36.6. The second kappa shape index (κ2) is 2.77. The minimum Gasteiger partial charge on any atom is -0.416 e. The summed E-state index contributed by atoms with van der Waals surface area (Å²) in [6, 6.07) is 0. The van der Waals surface area contributed by atoms with Crippen molar-refractivity contribution < 1.29 is 22.7 Å². The van der Waals surface area contributed by atoms with Gasteiger partial charge in [0, 0.05) is 0 Å². The van der Waals surface area contributed by atoms with Crippen LogP contribution in [-0.2, 0) is 9.53 Å². The molecule has 0 aromatic carbocycles. The molecule has 0 saturated heterocycles. The van der Waals surface area contributed by atoms with Gasteiger partial charge in [0.1, 0.15) is 0 Å². The number of hydrogen-bond acceptors (Lipinski definition) is 3. The third kappa shape index (κ3) is 3.02. The average molecular weight is 158 g/mol. The van der Waals surface area contributed by atoms with E-state index in [4.69, 9.17) is 0 Å². The van der Waals surface area contributed by atoms with Gasteiger partial charge in [0.05, 0.1) is 0 Å². The first-order valence-electron chi connectivity index (χ1n) is 1.70. The lowest BCUT2D eigenvalue weighted by Crippen LogP contribution is -2.24. The number of halogens is 3. The molecule has 0 aromatic heterocycles. The molecule has 9 heavy (non-hydrogen) atoms. The summed E-state index contributed by atoms with van der Waals surface area (Å²) in [5.41, 5.74) is 0.260. The number of ether oxygens (including phenoxy) is 1. The number of esters is 1. The number of rotatable bonds is 1. The Balaban J connectivity index is 3.88. The van der Waals surface area contributed by atoms with Crippen molar-refractivity contribution in [2.24, 2.45) is 0 Å². The molecule has 2 nitrogen and oxygen atoms in total. The lowest BCUT2D eigenvalue weighted by Gasteiger charge is -1.99. The van der Waals surface area contributed by atoms with Crippen LogP contribution in [0.2, 0.25) is 0 Å². The molecule has 0 saturated carbocycles. The second-order valence-electron chi connectivity index (χ2n) is 0.999. The van der Waals surface area contributed by atoms with Crippen LogP contribution in [0.4, 0.5) is 13.2 Å². The van der Waals surface area contributed by atoms with Crippen molar-refractivity contribution in [3.05, 3.63) is 0 Å².